The van der Waals surface area contributed by atoms with Crippen LogP contribution in [0.2, 0.25) is 0 Å². The number of nitrogens with zero attached hydrogens (tertiary/aromatic N) is 1. The van der Waals surface area contributed by atoms with E-state index < -0.39 is 23.3 Å². The Morgan fingerprint density at radius 1 is 1.24 bits per heavy atom. The molecular weight excluding hydrogens is 445 g/mol. The highest BCUT2D eigenvalue weighted by Gasteiger charge is 2.32. The highest BCUT2D eigenvalue weighted by Crippen LogP contribution is 2.30. The smallest absolute Gasteiger partial charge is 0.339 e. The molecule has 1 aromatic carbocycles. The van der Waals surface area contributed by atoms with E-state index in [0.29, 0.717) is 3.57 Å². The van der Waals surface area contributed by atoms with E-state index in [-0.39, 0.29) is 33.9 Å². The first-order chi connectivity index (χ1) is 11.8. The van der Waals surface area contributed by atoms with Crippen LogP contribution in [0.3, 0.4) is 0 Å². The summed E-state index contributed by atoms with van der Waals surface area (Å²) in [5.41, 5.74) is 5.30. The number of nitrogen functional groups attached to an aromatic ring is 1. The predicted molar refractivity (Wildman–Crippen MR) is 94.5 cm³/mol. The Balaban J connectivity index is 2.34. The van der Waals surface area contributed by atoms with Gasteiger partial charge in [-0.15, -0.1) is 0 Å². The summed E-state index contributed by atoms with van der Waals surface area (Å²) in [5, 5.41) is 11.3. The molecule has 0 unspecified atom stereocenters. The fraction of sp³-hybridized carbons (Fsp3) is 0.0667. The van der Waals surface area contributed by atoms with Crippen LogP contribution < -0.4 is 21.3 Å². The first-order valence-corrected chi connectivity index (χ1v) is 7.86. The molecule has 1 aliphatic heterocycles. The van der Waals surface area contributed by atoms with Gasteiger partial charge < -0.3 is 15.6 Å². The van der Waals surface area contributed by atoms with E-state index in [4.69, 9.17) is 10.5 Å². The van der Waals surface area contributed by atoms with Crippen molar-refractivity contribution in [2.45, 2.75) is 0 Å². The quantitative estimate of drug-likeness (QED) is 0.455. The van der Waals surface area contributed by atoms with E-state index in [1.165, 1.54) is 19.2 Å². The molecule has 25 heavy (non-hydrogen) atoms. The van der Waals surface area contributed by atoms with Crippen LogP contribution in [0, 0.1) is 3.57 Å². The monoisotopic (exact) mass is 455 g/mol. The van der Waals surface area contributed by atoms with E-state index >= 15 is 0 Å². The van der Waals surface area contributed by atoms with E-state index in [1.807, 2.05) is 22.6 Å². The number of aromatic carboxylic acids is 1. The molecule has 10 heteroatoms. The Kier molecular flexibility index (Phi) is 3.99. The highest BCUT2D eigenvalue weighted by atomic mass is 127. The number of rotatable bonds is 3. The van der Waals surface area contributed by atoms with Gasteiger partial charge >= 0.3 is 5.97 Å². The Morgan fingerprint density at radius 3 is 2.52 bits per heavy atom. The van der Waals surface area contributed by atoms with Crippen LogP contribution >= 0.6 is 22.6 Å². The maximum atomic E-state index is 12.5. The van der Waals surface area contributed by atoms with Crippen LogP contribution in [0.4, 0.5) is 5.82 Å². The number of aromatic nitrogens is 1. The van der Waals surface area contributed by atoms with Crippen LogP contribution in [-0.4, -0.2) is 34.6 Å². The molecule has 9 nitrogen and oxygen atoms in total. The number of hydrogen-bond donors (Lipinski definition) is 3. The molecule has 0 atom stereocenters. The highest BCUT2D eigenvalue weighted by molar-refractivity contribution is 14.1. The number of fused-ring (bicyclic) bond motifs is 1. The van der Waals surface area contributed by atoms with Crippen molar-refractivity contribution in [3.63, 3.8) is 0 Å². The molecule has 0 fully saturated rings. The maximum absolute atomic E-state index is 12.5. The second-order valence-electron chi connectivity index (χ2n) is 5.08. The summed E-state index contributed by atoms with van der Waals surface area (Å²) in [6.45, 7) is 0. The zero-order chi connectivity index (χ0) is 18.5. The van der Waals surface area contributed by atoms with Gasteiger partial charge in [0.05, 0.1) is 23.9 Å². The van der Waals surface area contributed by atoms with Crippen molar-refractivity contribution in [2.75, 3.05) is 12.8 Å². The number of carboxylic acid groups (broad SMARTS) is 1. The Bertz CT molecular complexity index is 1030. The lowest BCUT2D eigenvalue weighted by atomic mass is 10.1. The van der Waals surface area contributed by atoms with Crippen LogP contribution in [-0.2, 0) is 0 Å². The third kappa shape index (κ3) is 2.54. The third-order valence-corrected chi connectivity index (χ3v) is 4.56. The summed E-state index contributed by atoms with van der Waals surface area (Å²) in [7, 11) is 1.29. The number of nitrogens with one attached hydrogen (secondary N) is 1. The zero-order valence-corrected chi connectivity index (χ0v) is 14.8. The Labute approximate surface area is 153 Å². The molecule has 3 rings (SSSR count). The largest absolute Gasteiger partial charge is 0.496 e. The van der Waals surface area contributed by atoms with Gasteiger partial charge in [0, 0.05) is 15.7 Å². The minimum Gasteiger partial charge on any atom is -0.496 e. The minimum atomic E-state index is -1.19. The number of anilines is 1. The molecule has 0 bridgehead atoms. The van der Waals surface area contributed by atoms with Crippen LogP contribution in [0.5, 0.6) is 5.75 Å². The summed E-state index contributed by atoms with van der Waals surface area (Å²) < 4.78 is 6.49. The molecule has 128 valence electrons. The topological polar surface area (TPSA) is 141 Å². The number of ether oxygens (including phenoxy) is 1. The van der Waals surface area contributed by atoms with Gasteiger partial charge in [0.25, 0.3) is 17.4 Å². The average Bonchev–Trinajstić information content (AvgIpc) is 2.82. The molecule has 0 saturated carbocycles. The summed E-state index contributed by atoms with van der Waals surface area (Å²) >= 11 is 1.84. The van der Waals surface area contributed by atoms with Crippen molar-refractivity contribution < 1.29 is 24.2 Å². The SMILES string of the molecule is COc1cc(-n2c(N)c3c(cc2=O)C(=O)NC3=O)c(I)cc1C(=O)O. The molecule has 0 saturated heterocycles. The molecule has 2 amide bonds. The number of carboxylic acids is 1. The number of hydrogen-bond acceptors (Lipinski definition) is 6. The maximum Gasteiger partial charge on any atom is 0.339 e. The summed E-state index contributed by atoms with van der Waals surface area (Å²) in [4.78, 5) is 47.3. The predicted octanol–water partition coefficient (Wildman–Crippen LogP) is 0.615. The van der Waals surface area contributed by atoms with Gasteiger partial charge in [-0.05, 0) is 28.7 Å². The van der Waals surface area contributed by atoms with Gasteiger partial charge in [-0.25, -0.2) is 4.79 Å². The molecular formula is C15H10IN3O6. The molecule has 0 aliphatic carbocycles. The summed E-state index contributed by atoms with van der Waals surface area (Å²) in [6, 6.07) is 3.67. The van der Waals surface area contributed by atoms with Gasteiger partial charge in [-0.2, -0.15) is 0 Å². The lowest BCUT2D eigenvalue weighted by Crippen LogP contribution is -2.25. The van der Waals surface area contributed by atoms with Crippen molar-refractivity contribution in [1.82, 2.24) is 9.88 Å². The number of imide groups is 1. The van der Waals surface area contributed by atoms with Crippen molar-refractivity contribution in [3.05, 3.63) is 48.8 Å². The minimum absolute atomic E-state index is 0.0234. The summed E-state index contributed by atoms with van der Waals surface area (Å²) in [6.07, 6.45) is 0. The van der Waals surface area contributed by atoms with Crippen molar-refractivity contribution in [1.29, 1.82) is 0 Å². The van der Waals surface area contributed by atoms with E-state index in [2.05, 4.69) is 5.32 Å². The first-order valence-electron chi connectivity index (χ1n) is 6.78. The number of nitrogens with two attached hydrogens (primary N) is 1. The van der Waals surface area contributed by atoms with Gasteiger partial charge in [0.2, 0.25) is 0 Å². The van der Waals surface area contributed by atoms with E-state index in [0.717, 1.165) is 10.6 Å². The molecule has 2 heterocycles. The lowest BCUT2D eigenvalue weighted by molar-refractivity contribution is 0.0692. The number of methoxy groups -OCH3 is 1. The molecule has 4 N–H and O–H groups in total. The number of halogens is 1. The van der Waals surface area contributed by atoms with Gasteiger partial charge in [0.1, 0.15) is 17.1 Å². The van der Waals surface area contributed by atoms with Gasteiger partial charge in [-0.3, -0.25) is 24.3 Å². The molecule has 0 spiro atoms. The molecule has 0 radical (unpaired) electrons. The van der Waals surface area contributed by atoms with Gasteiger partial charge in [0.15, 0.2) is 0 Å². The standard InChI is InChI=1S/C15H10IN3O6/c1-25-9-4-8(7(16)2-5(9)15(23)24)19-10(20)3-6-11(12(19)17)14(22)18-13(6)21/h2-4H,17H2,1H3,(H,23,24)(H,18,21,22). The number of benzene rings is 1. The molecule has 2 aromatic rings. The van der Waals surface area contributed by atoms with E-state index in [1.54, 1.807) is 0 Å². The number of pyridine rings is 1. The zero-order valence-electron chi connectivity index (χ0n) is 12.6. The number of amides is 2. The second-order valence-corrected chi connectivity index (χ2v) is 6.25. The first kappa shape index (κ1) is 17.0. The normalized spacial score (nSPS) is 12.7. The Morgan fingerprint density at radius 2 is 1.92 bits per heavy atom. The lowest BCUT2D eigenvalue weighted by Gasteiger charge is -2.15. The molecule has 1 aromatic heterocycles. The van der Waals surface area contributed by atoms with Crippen LogP contribution in [0.25, 0.3) is 5.69 Å². The number of carbonyl (C=O) groups is 3. The summed E-state index contributed by atoms with van der Waals surface area (Å²) in [5.74, 6) is -2.77. The number of carbonyl (C=O) groups excluding carboxylic acids is 2. The average molecular weight is 455 g/mol. The molecule has 1 aliphatic rings. The Hall–Kier alpha value is -2.89. The van der Waals surface area contributed by atoms with Crippen molar-refractivity contribution in [2.24, 2.45) is 0 Å². The van der Waals surface area contributed by atoms with Crippen molar-refractivity contribution >= 4 is 46.2 Å². The van der Waals surface area contributed by atoms with Crippen LogP contribution in [0.1, 0.15) is 31.1 Å². The van der Waals surface area contributed by atoms with E-state index in [9.17, 15) is 24.3 Å². The second kappa shape index (κ2) is 5.88. The van der Waals surface area contributed by atoms with Crippen LogP contribution in [0.15, 0.2) is 23.0 Å². The fourth-order valence-electron chi connectivity index (χ4n) is 2.58. The van der Waals surface area contributed by atoms with Crippen molar-refractivity contribution in [3.8, 4) is 11.4 Å². The van der Waals surface area contributed by atoms with Gasteiger partial charge in [-0.1, -0.05) is 0 Å². The fourth-order valence-corrected chi connectivity index (χ4v) is 3.29. The third-order valence-electron chi connectivity index (χ3n) is 3.69.